The predicted molar refractivity (Wildman–Crippen MR) is 111 cm³/mol. The highest BCUT2D eigenvalue weighted by atomic mass is 127. The number of hydrogen-bond donors (Lipinski definition) is 1. The Morgan fingerprint density at radius 2 is 2.19 bits per heavy atom. The number of guanidine groups is 1. The maximum absolute atomic E-state index is 4.47. The third-order valence-electron chi connectivity index (χ3n) is 5.24. The highest BCUT2D eigenvalue weighted by Crippen LogP contribution is 2.26. The highest BCUT2D eigenvalue weighted by Gasteiger charge is 2.27. The summed E-state index contributed by atoms with van der Waals surface area (Å²) in [6, 6.07) is 0. The highest BCUT2D eigenvalue weighted by molar-refractivity contribution is 14.0. The van der Waals surface area contributed by atoms with Crippen molar-refractivity contribution >= 4 is 29.9 Å². The van der Waals surface area contributed by atoms with Crippen molar-refractivity contribution in [2.75, 3.05) is 20.1 Å². The van der Waals surface area contributed by atoms with Crippen molar-refractivity contribution in [1.82, 2.24) is 34.8 Å². The SMILES string of the molecule is CN=C(NCc1nnc2n1CCCC2)N1CCC(c2cnn(C)c2)C1.I. The van der Waals surface area contributed by atoms with Crippen LogP contribution in [0.2, 0.25) is 0 Å². The summed E-state index contributed by atoms with van der Waals surface area (Å²) in [5, 5.41) is 16.5. The standard InChI is InChI=1S/C17H26N8.HI/c1-18-17(19-10-16-22-21-15-5-3-4-7-25(15)16)24-8-6-13(12-24)14-9-20-23(2)11-14;/h9,11,13H,3-8,10,12H2,1-2H3,(H,18,19);1H. The summed E-state index contributed by atoms with van der Waals surface area (Å²) >= 11 is 0. The van der Waals surface area contributed by atoms with E-state index in [-0.39, 0.29) is 24.0 Å². The Hall–Kier alpha value is -1.65. The van der Waals surface area contributed by atoms with Crippen molar-refractivity contribution in [2.45, 2.75) is 44.7 Å². The number of aliphatic imine (C=N–C) groups is 1. The van der Waals surface area contributed by atoms with Gasteiger partial charge in [0.05, 0.1) is 12.7 Å². The molecule has 4 rings (SSSR count). The first kappa shape index (κ1) is 19.1. The molecule has 8 nitrogen and oxygen atoms in total. The summed E-state index contributed by atoms with van der Waals surface area (Å²) in [5.41, 5.74) is 1.31. The second kappa shape index (κ2) is 8.36. The predicted octanol–water partition coefficient (Wildman–Crippen LogP) is 1.53. The summed E-state index contributed by atoms with van der Waals surface area (Å²) < 4.78 is 4.13. The third-order valence-corrected chi connectivity index (χ3v) is 5.24. The summed E-state index contributed by atoms with van der Waals surface area (Å²) in [4.78, 5) is 6.79. The van der Waals surface area contributed by atoms with E-state index in [0.29, 0.717) is 12.5 Å². The molecule has 9 heteroatoms. The number of halogens is 1. The van der Waals surface area contributed by atoms with Gasteiger partial charge in [0.1, 0.15) is 5.82 Å². The molecule has 0 aromatic carbocycles. The molecule has 0 bridgehead atoms. The number of rotatable bonds is 3. The number of aromatic nitrogens is 5. The first-order chi connectivity index (χ1) is 12.2. The summed E-state index contributed by atoms with van der Waals surface area (Å²) in [6.45, 7) is 3.69. The molecule has 0 saturated carbocycles. The molecule has 1 fully saturated rings. The Labute approximate surface area is 171 Å². The van der Waals surface area contributed by atoms with E-state index in [1.807, 2.05) is 25.0 Å². The minimum absolute atomic E-state index is 0. The molecule has 26 heavy (non-hydrogen) atoms. The van der Waals surface area contributed by atoms with Crippen LogP contribution in [0.1, 0.15) is 42.4 Å². The minimum atomic E-state index is 0. The van der Waals surface area contributed by atoms with Gasteiger partial charge < -0.3 is 14.8 Å². The molecule has 1 N–H and O–H groups in total. The monoisotopic (exact) mass is 470 g/mol. The quantitative estimate of drug-likeness (QED) is 0.419. The topological polar surface area (TPSA) is 76.2 Å². The van der Waals surface area contributed by atoms with Crippen LogP contribution >= 0.6 is 24.0 Å². The van der Waals surface area contributed by atoms with Gasteiger partial charge in [0, 0.05) is 52.3 Å². The summed E-state index contributed by atoms with van der Waals surface area (Å²) in [6.07, 6.45) is 8.70. The normalized spacial score (nSPS) is 20.0. The van der Waals surface area contributed by atoms with Crippen LogP contribution < -0.4 is 5.32 Å². The van der Waals surface area contributed by atoms with E-state index >= 15 is 0 Å². The maximum atomic E-state index is 4.47. The molecule has 1 unspecified atom stereocenters. The maximum Gasteiger partial charge on any atom is 0.194 e. The molecule has 1 saturated heterocycles. The lowest BCUT2D eigenvalue weighted by molar-refractivity contribution is 0.475. The van der Waals surface area contributed by atoms with Gasteiger partial charge in [-0.05, 0) is 24.8 Å². The van der Waals surface area contributed by atoms with E-state index in [0.717, 1.165) is 50.1 Å². The molecular formula is C17H27IN8. The first-order valence-corrected chi connectivity index (χ1v) is 9.09. The molecule has 0 aliphatic carbocycles. The lowest BCUT2D eigenvalue weighted by Gasteiger charge is -2.22. The lowest BCUT2D eigenvalue weighted by atomic mass is 10.0. The van der Waals surface area contributed by atoms with Gasteiger partial charge in [0.15, 0.2) is 11.8 Å². The van der Waals surface area contributed by atoms with Gasteiger partial charge in [0.25, 0.3) is 0 Å². The molecule has 0 amide bonds. The Morgan fingerprint density at radius 1 is 1.31 bits per heavy atom. The molecule has 0 spiro atoms. The third kappa shape index (κ3) is 3.86. The first-order valence-electron chi connectivity index (χ1n) is 9.09. The second-order valence-corrected chi connectivity index (χ2v) is 6.92. The largest absolute Gasteiger partial charge is 0.349 e. The van der Waals surface area contributed by atoms with Crippen LogP contribution in [0.25, 0.3) is 0 Å². The van der Waals surface area contributed by atoms with Gasteiger partial charge >= 0.3 is 0 Å². The molecule has 2 aliphatic heterocycles. The molecule has 0 radical (unpaired) electrons. The zero-order chi connectivity index (χ0) is 17.2. The fourth-order valence-corrected chi connectivity index (χ4v) is 3.87. The smallest absolute Gasteiger partial charge is 0.194 e. The molecule has 142 valence electrons. The van der Waals surface area contributed by atoms with Crippen molar-refractivity contribution in [3.05, 3.63) is 29.6 Å². The van der Waals surface area contributed by atoms with Crippen LogP contribution in [0.15, 0.2) is 17.4 Å². The van der Waals surface area contributed by atoms with Gasteiger partial charge in [-0.1, -0.05) is 0 Å². The van der Waals surface area contributed by atoms with Gasteiger partial charge in [-0.15, -0.1) is 34.2 Å². The van der Waals surface area contributed by atoms with Crippen molar-refractivity contribution in [1.29, 1.82) is 0 Å². The fraction of sp³-hybridized carbons (Fsp3) is 0.647. The van der Waals surface area contributed by atoms with E-state index in [4.69, 9.17) is 0 Å². The zero-order valence-electron chi connectivity index (χ0n) is 15.4. The summed E-state index contributed by atoms with van der Waals surface area (Å²) in [7, 11) is 3.81. The fourth-order valence-electron chi connectivity index (χ4n) is 3.87. The Morgan fingerprint density at radius 3 is 2.96 bits per heavy atom. The van der Waals surface area contributed by atoms with Crippen LogP contribution in [0, 0.1) is 0 Å². The van der Waals surface area contributed by atoms with Crippen molar-refractivity contribution in [2.24, 2.45) is 12.0 Å². The molecule has 2 aliphatic rings. The van der Waals surface area contributed by atoms with Crippen LogP contribution in [0.4, 0.5) is 0 Å². The molecule has 1 atom stereocenters. The minimum Gasteiger partial charge on any atom is -0.349 e. The van der Waals surface area contributed by atoms with E-state index in [2.05, 4.69) is 41.3 Å². The Balaban J connectivity index is 0.00000196. The van der Waals surface area contributed by atoms with E-state index in [9.17, 15) is 0 Å². The number of likely N-dealkylation sites (tertiary alicyclic amines) is 1. The number of nitrogens with one attached hydrogen (secondary N) is 1. The average molecular weight is 470 g/mol. The Bertz CT molecular complexity index is 765. The van der Waals surface area contributed by atoms with Crippen LogP contribution in [-0.2, 0) is 26.6 Å². The van der Waals surface area contributed by atoms with Gasteiger partial charge in [0.2, 0.25) is 0 Å². The van der Waals surface area contributed by atoms with Crippen molar-refractivity contribution in [3.63, 3.8) is 0 Å². The van der Waals surface area contributed by atoms with E-state index < -0.39 is 0 Å². The zero-order valence-corrected chi connectivity index (χ0v) is 17.8. The number of hydrogen-bond acceptors (Lipinski definition) is 4. The molecular weight excluding hydrogens is 443 g/mol. The molecule has 2 aromatic rings. The lowest BCUT2D eigenvalue weighted by Crippen LogP contribution is -2.40. The average Bonchev–Trinajstić information content (AvgIpc) is 3.35. The van der Waals surface area contributed by atoms with Crippen LogP contribution in [0.3, 0.4) is 0 Å². The number of aryl methyl sites for hydroxylation is 2. The van der Waals surface area contributed by atoms with Gasteiger partial charge in [-0.25, -0.2) is 0 Å². The molecule has 4 heterocycles. The number of fused-ring (bicyclic) bond motifs is 1. The molecule has 2 aromatic heterocycles. The number of nitrogens with zero attached hydrogens (tertiary/aromatic N) is 7. The van der Waals surface area contributed by atoms with E-state index in [1.54, 1.807) is 0 Å². The van der Waals surface area contributed by atoms with Crippen LogP contribution in [0.5, 0.6) is 0 Å². The Kier molecular flexibility index (Phi) is 6.15. The van der Waals surface area contributed by atoms with E-state index in [1.165, 1.54) is 18.4 Å². The van der Waals surface area contributed by atoms with Gasteiger partial charge in [-0.3, -0.25) is 9.67 Å². The van der Waals surface area contributed by atoms with Crippen molar-refractivity contribution in [3.8, 4) is 0 Å². The summed E-state index contributed by atoms with van der Waals surface area (Å²) in [5.74, 6) is 3.60. The van der Waals surface area contributed by atoms with Crippen LogP contribution in [-0.4, -0.2) is 55.5 Å². The second-order valence-electron chi connectivity index (χ2n) is 6.92. The van der Waals surface area contributed by atoms with Gasteiger partial charge in [-0.2, -0.15) is 5.10 Å². The van der Waals surface area contributed by atoms with Crippen molar-refractivity contribution < 1.29 is 0 Å².